The highest BCUT2D eigenvalue weighted by Crippen LogP contribution is 2.51. The standard InChI is InChI=1S/C29H33F3N6O/c1-18-12-28(13-18,26-36-35-17-37(26)5)20-7-6-8-21(11-20)38-16-34-24-22(25(38)39)9-19(10-23(24)29(30,31)32)14-33-15-27(2,3)4/h6-11,16-18,33H,12-15H2,1-5H3. The number of benzene rings is 2. The molecule has 2 aromatic carbocycles. The number of nitrogens with one attached hydrogen (secondary N) is 1. The first-order valence-electron chi connectivity index (χ1n) is 13.1. The van der Waals surface area contributed by atoms with Crippen LogP contribution in [0.1, 0.15) is 63.1 Å². The third kappa shape index (κ3) is 5.09. The second-order valence-electron chi connectivity index (χ2n) is 12.0. The van der Waals surface area contributed by atoms with Gasteiger partial charge >= 0.3 is 6.18 Å². The Balaban J connectivity index is 1.60. The van der Waals surface area contributed by atoms with E-state index >= 15 is 0 Å². The predicted molar refractivity (Wildman–Crippen MR) is 144 cm³/mol. The molecule has 7 nitrogen and oxygen atoms in total. The average Bonchev–Trinajstić information content (AvgIpc) is 3.26. The number of halogens is 3. The van der Waals surface area contributed by atoms with Crippen LogP contribution in [0.25, 0.3) is 16.6 Å². The zero-order chi connectivity index (χ0) is 28.2. The van der Waals surface area contributed by atoms with Gasteiger partial charge in [-0.25, -0.2) is 4.98 Å². The van der Waals surface area contributed by atoms with Crippen LogP contribution in [0.2, 0.25) is 0 Å². The van der Waals surface area contributed by atoms with Crippen LogP contribution in [-0.2, 0) is 25.2 Å². The van der Waals surface area contributed by atoms with Crippen molar-refractivity contribution in [2.75, 3.05) is 6.54 Å². The van der Waals surface area contributed by atoms with Gasteiger partial charge in [-0.1, -0.05) is 39.8 Å². The molecule has 1 fully saturated rings. The summed E-state index contributed by atoms with van der Waals surface area (Å²) in [6, 6.07) is 10.1. The molecule has 0 amide bonds. The van der Waals surface area contributed by atoms with Crippen LogP contribution < -0.4 is 10.9 Å². The summed E-state index contributed by atoms with van der Waals surface area (Å²) in [5.74, 6) is 1.35. The summed E-state index contributed by atoms with van der Waals surface area (Å²) in [5.41, 5.74) is -0.273. The van der Waals surface area contributed by atoms with Crippen LogP contribution in [0.5, 0.6) is 0 Å². The van der Waals surface area contributed by atoms with Gasteiger partial charge in [0.05, 0.1) is 27.6 Å². The maximum absolute atomic E-state index is 14.0. The molecule has 5 rings (SSSR count). The predicted octanol–water partition coefficient (Wildman–Crippen LogP) is 5.38. The molecule has 4 aromatic rings. The molecule has 1 saturated carbocycles. The molecular weight excluding hydrogens is 505 g/mol. The number of rotatable bonds is 6. The highest BCUT2D eigenvalue weighted by Gasteiger charge is 2.48. The van der Waals surface area contributed by atoms with E-state index in [4.69, 9.17) is 0 Å². The van der Waals surface area contributed by atoms with Crippen LogP contribution in [0.15, 0.2) is 53.8 Å². The minimum Gasteiger partial charge on any atom is -0.320 e. The summed E-state index contributed by atoms with van der Waals surface area (Å²) in [5, 5.41) is 11.6. The lowest BCUT2D eigenvalue weighted by molar-refractivity contribution is -0.136. The largest absolute Gasteiger partial charge is 0.418 e. The second kappa shape index (κ2) is 9.59. The molecule has 39 heavy (non-hydrogen) atoms. The van der Waals surface area contributed by atoms with Crippen molar-refractivity contribution < 1.29 is 13.2 Å². The van der Waals surface area contributed by atoms with Gasteiger partial charge in [0.25, 0.3) is 5.56 Å². The second-order valence-corrected chi connectivity index (χ2v) is 12.0. The fourth-order valence-corrected chi connectivity index (χ4v) is 5.73. The van der Waals surface area contributed by atoms with Gasteiger partial charge in [-0.3, -0.25) is 9.36 Å². The maximum atomic E-state index is 14.0. The molecule has 0 saturated heterocycles. The molecule has 0 atom stereocenters. The quantitative estimate of drug-likeness (QED) is 0.357. The topological polar surface area (TPSA) is 77.6 Å². The maximum Gasteiger partial charge on any atom is 0.418 e. The van der Waals surface area contributed by atoms with Crippen molar-refractivity contribution in [3.63, 3.8) is 0 Å². The number of fused-ring (bicyclic) bond motifs is 1. The van der Waals surface area contributed by atoms with Crippen molar-refractivity contribution in [3.8, 4) is 5.69 Å². The first-order chi connectivity index (χ1) is 18.3. The van der Waals surface area contributed by atoms with Crippen molar-refractivity contribution in [2.24, 2.45) is 18.4 Å². The number of aromatic nitrogens is 5. The van der Waals surface area contributed by atoms with Crippen molar-refractivity contribution in [2.45, 2.75) is 58.7 Å². The third-order valence-corrected chi connectivity index (χ3v) is 7.42. The Morgan fingerprint density at radius 1 is 1.10 bits per heavy atom. The van der Waals surface area contributed by atoms with Gasteiger partial charge in [-0.2, -0.15) is 13.2 Å². The van der Waals surface area contributed by atoms with E-state index < -0.39 is 17.3 Å². The van der Waals surface area contributed by atoms with Gasteiger partial charge in [0.15, 0.2) is 0 Å². The summed E-state index contributed by atoms with van der Waals surface area (Å²) in [6.45, 7) is 9.12. The number of nitrogens with zero attached hydrogens (tertiary/aromatic N) is 5. The van der Waals surface area contributed by atoms with Gasteiger partial charge in [0.2, 0.25) is 0 Å². The number of alkyl halides is 3. The molecular formula is C29H33F3N6O. The summed E-state index contributed by atoms with van der Waals surface area (Å²) in [4.78, 5) is 17.8. The van der Waals surface area contributed by atoms with Gasteiger partial charge in [-0.15, -0.1) is 10.2 Å². The molecule has 10 heteroatoms. The molecule has 1 aliphatic carbocycles. The van der Waals surface area contributed by atoms with E-state index in [1.165, 1.54) is 17.0 Å². The first kappa shape index (κ1) is 27.1. The number of aryl methyl sites for hydroxylation is 1. The van der Waals surface area contributed by atoms with Crippen LogP contribution in [0, 0.1) is 11.3 Å². The Morgan fingerprint density at radius 2 is 1.85 bits per heavy atom. The Hall–Kier alpha value is -3.53. The van der Waals surface area contributed by atoms with E-state index in [-0.39, 0.29) is 28.3 Å². The summed E-state index contributed by atoms with van der Waals surface area (Å²) < 4.78 is 45.3. The Labute approximate surface area is 225 Å². The smallest absolute Gasteiger partial charge is 0.320 e. The van der Waals surface area contributed by atoms with Crippen molar-refractivity contribution in [1.29, 1.82) is 0 Å². The van der Waals surface area contributed by atoms with Gasteiger partial charge in [0.1, 0.15) is 18.5 Å². The molecule has 0 aliphatic heterocycles. The van der Waals surface area contributed by atoms with Gasteiger partial charge in [0, 0.05) is 20.1 Å². The highest BCUT2D eigenvalue weighted by atomic mass is 19.4. The molecule has 0 radical (unpaired) electrons. The lowest BCUT2D eigenvalue weighted by atomic mass is 9.58. The average molecular weight is 539 g/mol. The zero-order valence-corrected chi connectivity index (χ0v) is 22.8. The summed E-state index contributed by atoms with van der Waals surface area (Å²) >= 11 is 0. The van der Waals surface area contributed by atoms with Crippen LogP contribution >= 0.6 is 0 Å². The van der Waals surface area contributed by atoms with Gasteiger partial charge < -0.3 is 9.88 Å². The Kier molecular flexibility index (Phi) is 6.65. The van der Waals surface area contributed by atoms with E-state index in [9.17, 15) is 18.0 Å². The fraction of sp³-hybridized carbons (Fsp3) is 0.448. The lowest BCUT2D eigenvalue weighted by Gasteiger charge is -2.46. The summed E-state index contributed by atoms with van der Waals surface area (Å²) in [7, 11) is 1.91. The molecule has 2 aromatic heterocycles. The SMILES string of the molecule is CC1CC(c2cccc(-n3cnc4c(C(F)(F)F)cc(CNCC(C)(C)C)cc4c3=O)c2)(c2nncn2C)C1. The minimum absolute atomic E-state index is 0.0381. The zero-order valence-electron chi connectivity index (χ0n) is 22.8. The Bertz CT molecular complexity index is 1570. The van der Waals surface area contributed by atoms with E-state index in [0.29, 0.717) is 23.7 Å². The van der Waals surface area contributed by atoms with E-state index in [1.807, 2.05) is 50.6 Å². The van der Waals surface area contributed by atoms with Crippen LogP contribution in [0.4, 0.5) is 13.2 Å². The van der Waals surface area contributed by atoms with Crippen LogP contribution in [0.3, 0.4) is 0 Å². The molecule has 0 bridgehead atoms. The van der Waals surface area contributed by atoms with Gasteiger partial charge in [-0.05, 0) is 59.6 Å². The normalized spacial score (nSPS) is 19.8. The lowest BCUT2D eigenvalue weighted by Crippen LogP contribution is -2.43. The molecule has 0 unspecified atom stereocenters. The third-order valence-electron chi connectivity index (χ3n) is 7.42. The van der Waals surface area contributed by atoms with Crippen molar-refractivity contribution in [3.05, 3.63) is 81.9 Å². The molecule has 2 heterocycles. The first-order valence-corrected chi connectivity index (χ1v) is 13.1. The summed E-state index contributed by atoms with van der Waals surface area (Å²) in [6.07, 6.45) is -0.0164. The van der Waals surface area contributed by atoms with E-state index in [1.54, 1.807) is 12.4 Å². The molecule has 0 spiro atoms. The van der Waals surface area contributed by atoms with Crippen molar-refractivity contribution >= 4 is 10.9 Å². The number of hydrogen-bond acceptors (Lipinski definition) is 5. The monoisotopic (exact) mass is 538 g/mol. The fourth-order valence-electron chi connectivity index (χ4n) is 5.73. The molecule has 206 valence electrons. The highest BCUT2D eigenvalue weighted by molar-refractivity contribution is 5.82. The van der Waals surface area contributed by atoms with E-state index in [0.717, 1.165) is 30.3 Å². The molecule has 1 aliphatic rings. The number of hydrogen-bond donors (Lipinski definition) is 1. The van der Waals surface area contributed by atoms with E-state index in [2.05, 4.69) is 27.4 Å². The Morgan fingerprint density at radius 3 is 2.46 bits per heavy atom. The van der Waals surface area contributed by atoms with Crippen molar-refractivity contribution in [1.82, 2.24) is 29.6 Å². The molecule has 1 N–H and O–H groups in total. The van der Waals surface area contributed by atoms with Crippen LogP contribution in [-0.4, -0.2) is 30.9 Å². The minimum atomic E-state index is -4.65.